The standard InChI is InChI=1S/C13H18/c1-11-7-6-9-12-8-4-2-3-5-10-13(11)12/h6-7,9H,2-5,8,10H2,1H3. The van der Waals surface area contributed by atoms with Crippen LogP contribution in [0, 0.1) is 6.92 Å². The Bertz CT molecular complexity index is 286. The largest absolute Gasteiger partial charge is 0.0617 e. The van der Waals surface area contributed by atoms with Crippen molar-refractivity contribution in [1.29, 1.82) is 0 Å². The first-order valence-electron chi connectivity index (χ1n) is 5.45. The molecule has 1 aromatic carbocycles. The molecule has 0 saturated heterocycles. The molecule has 0 heteroatoms. The number of hydrogen-bond acceptors (Lipinski definition) is 0. The van der Waals surface area contributed by atoms with E-state index in [1.165, 1.54) is 44.1 Å². The number of aryl methyl sites for hydroxylation is 2. The summed E-state index contributed by atoms with van der Waals surface area (Å²) in [6, 6.07) is 6.77. The smallest absolute Gasteiger partial charge is 0.0274 e. The molecular weight excluding hydrogens is 156 g/mol. The second-order valence-electron chi connectivity index (χ2n) is 4.13. The number of hydrogen-bond donors (Lipinski definition) is 0. The average Bonchev–Trinajstić information content (AvgIpc) is 2.07. The molecule has 1 aliphatic rings. The van der Waals surface area contributed by atoms with E-state index in [2.05, 4.69) is 25.1 Å². The maximum absolute atomic E-state index is 2.31. The van der Waals surface area contributed by atoms with E-state index in [1.54, 1.807) is 11.1 Å². The molecular formula is C13H18. The molecule has 0 nitrogen and oxygen atoms in total. The minimum absolute atomic E-state index is 1.30. The molecule has 0 spiro atoms. The zero-order valence-corrected chi connectivity index (χ0v) is 8.47. The van der Waals surface area contributed by atoms with E-state index in [0.29, 0.717) is 0 Å². The third-order valence-corrected chi connectivity index (χ3v) is 3.13. The lowest BCUT2D eigenvalue weighted by Crippen LogP contribution is -2.01. The van der Waals surface area contributed by atoms with E-state index >= 15 is 0 Å². The van der Waals surface area contributed by atoms with Gasteiger partial charge in [-0.05, 0) is 49.3 Å². The molecule has 0 heterocycles. The van der Waals surface area contributed by atoms with E-state index < -0.39 is 0 Å². The Morgan fingerprint density at radius 2 is 1.69 bits per heavy atom. The molecule has 2 rings (SSSR count). The number of rotatable bonds is 0. The molecule has 0 aliphatic heterocycles. The number of benzene rings is 1. The molecule has 0 N–H and O–H groups in total. The first-order chi connectivity index (χ1) is 6.38. The van der Waals surface area contributed by atoms with Gasteiger partial charge in [0.15, 0.2) is 0 Å². The molecule has 70 valence electrons. The molecule has 0 unspecified atom stereocenters. The van der Waals surface area contributed by atoms with Crippen molar-refractivity contribution in [2.75, 3.05) is 0 Å². The van der Waals surface area contributed by atoms with Gasteiger partial charge in [0.05, 0.1) is 0 Å². The van der Waals surface area contributed by atoms with Crippen molar-refractivity contribution in [3.63, 3.8) is 0 Å². The summed E-state index contributed by atoms with van der Waals surface area (Å²) < 4.78 is 0. The predicted molar refractivity (Wildman–Crippen MR) is 57.1 cm³/mol. The Hall–Kier alpha value is -0.780. The molecule has 13 heavy (non-hydrogen) atoms. The van der Waals surface area contributed by atoms with Gasteiger partial charge in [0.1, 0.15) is 0 Å². The van der Waals surface area contributed by atoms with Crippen LogP contribution in [0.5, 0.6) is 0 Å². The van der Waals surface area contributed by atoms with Crippen LogP contribution in [0.25, 0.3) is 0 Å². The third kappa shape index (κ3) is 1.93. The van der Waals surface area contributed by atoms with Crippen molar-refractivity contribution in [2.45, 2.75) is 45.4 Å². The summed E-state index contributed by atoms with van der Waals surface area (Å²) in [5.41, 5.74) is 4.75. The minimum Gasteiger partial charge on any atom is -0.0617 e. The molecule has 0 saturated carbocycles. The van der Waals surface area contributed by atoms with Crippen LogP contribution in [-0.2, 0) is 12.8 Å². The van der Waals surface area contributed by atoms with Gasteiger partial charge in [-0.2, -0.15) is 0 Å². The summed E-state index contributed by atoms with van der Waals surface area (Å²) in [6.07, 6.45) is 8.23. The van der Waals surface area contributed by atoms with Crippen molar-refractivity contribution in [3.05, 3.63) is 34.9 Å². The van der Waals surface area contributed by atoms with E-state index in [0.717, 1.165) is 0 Å². The summed E-state index contributed by atoms with van der Waals surface area (Å²) in [7, 11) is 0. The van der Waals surface area contributed by atoms with Crippen LogP contribution in [0.1, 0.15) is 42.4 Å². The molecule has 0 bridgehead atoms. The Balaban J connectivity index is 2.33. The quantitative estimate of drug-likeness (QED) is 0.563. The fourth-order valence-corrected chi connectivity index (χ4v) is 2.33. The summed E-state index contributed by atoms with van der Waals surface area (Å²) in [5, 5.41) is 0. The van der Waals surface area contributed by atoms with Gasteiger partial charge < -0.3 is 0 Å². The Kier molecular flexibility index (Phi) is 2.68. The number of fused-ring (bicyclic) bond motifs is 1. The Morgan fingerprint density at radius 1 is 0.923 bits per heavy atom. The van der Waals surface area contributed by atoms with E-state index in [-0.39, 0.29) is 0 Å². The highest BCUT2D eigenvalue weighted by molar-refractivity contribution is 5.34. The topological polar surface area (TPSA) is 0 Å². The molecule has 0 amide bonds. The zero-order chi connectivity index (χ0) is 9.10. The lowest BCUT2D eigenvalue weighted by molar-refractivity contribution is 0.615. The normalized spacial score (nSPS) is 17.3. The third-order valence-electron chi connectivity index (χ3n) is 3.13. The van der Waals surface area contributed by atoms with Crippen LogP contribution in [-0.4, -0.2) is 0 Å². The van der Waals surface area contributed by atoms with Crippen molar-refractivity contribution < 1.29 is 0 Å². The minimum atomic E-state index is 1.30. The highest BCUT2D eigenvalue weighted by Gasteiger charge is 2.07. The van der Waals surface area contributed by atoms with Gasteiger partial charge in [-0.3, -0.25) is 0 Å². The van der Waals surface area contributed by atoms with Crippen LogP contribution in [0.4, 0.5) is 0 Å². The molecule has 1 aliphatic carbocycles. The average molecular weight is 174 g/mol. The second-order valence-corrected chi connectivity index (χ2v) is 4.13. The van der Waals surface area contributed by atoms with Crippen molar-refractivity contribution in [1.82, 2.24) is 0 Å². The van der Waals surface area contributed by atoms with Gasteiger partial charge in [-0.1, -0.05) is 31.0 Å². The highest BCUT2D eigenvalue weighted by atomic mass is 14.1. The Morgan fingerprint density at radius 3 is 2.54 bits per heavy atom. The van der Waals surface area contributed by atoms with E-state index in [4.69, 9.17) is 0 Å². The first kappa shape index (κ1) is 8.80. The van der Waals surface area contributed by atoms with Crippen LogP contribution >= 0.6 is 0 Å². The van der Waals surface area contributed by atoms with Gasteiger partial charge in [0, 0.05) is 0 Å². The van der Waals surface area contributed by atoms with Crippen LogP contribution < -0.4 is 0 Å². The Labute approximate surface area is 81.0 Å². The van der Waals surface area contributed by atoms with Gasteiger partial charge in [0.25, 0.3) is 0 Å². The van der Waals surface area contributed by atoms with Gasteiger partial charge in [-0.25, -0.2) is 0 Å². The van der Waals surface area contributed by atoms with E-state index in [1.807, 2.05) is 0 Å². The SMILES string of the molecule is Cc1cccc2c1CCCCCC2. The van der Waals surface area contributed by atoms with Crippen LogP contribution in [0.2, 0.25) is 0 Å². The molecule has 1 aromatic rings. The first-order valence-corrected chi connectivity index (χ1v) is 5.45. The van der Waals surface area contributed by atoms with Crippen molar-refractivity contribution in [3.8, 4) is 0 Å². The van der Waals surface area contributed by atoms with Gasteiger partial charge in [-0.15, -0.1) is 0 Å². The second kappa shape index (κ2) is 3.95. The summed E-state index contributed by atoms with van der Waals surface area (Å²) in [5.74, 6) is 0. The van der Waals surface area contributed by atoms with Crippen molar-refractivity contribution >= 4 is 0 Å². The maximum Gasteiger partial charge on any atom is -0.0274 e. The summed E-state index contributed by atoms with van der Waals surface area (Å²) in [6.45, 7) is 2.25. The maximum atomic E-state index is 2.31. The summed E-state index contributed by atoms with van der Waals surface area (Å²) >= 11 is 0. The van der Waals surface area contributed by atoms with Crippen LogP contribution in [0.3, 0.4) is 0 Å². The summed E-state index contributed by atoms with van der Waals surface area (Å²) in [4.78, 5) is 0. The lowest BCUT2D eigenvalue weighted by atomic mass is 9.90. The molecule has 0 aromatic heterocycles. The fourth-order valence-electron chi connectivity index (χ4n) is 2.33. The zero-order valence-electron chi connectivity index (χ0n) is 8.47. The molecule has 0 atom stereocenters. The van der Waals surface area contributed by atoms with Crippen molar-refractivity contribution in [2.24, 2.45) is 0 Å². The fraction of sp³-hybridized carbons (Fsp3) is 0.538. The highest BCUT2D eigenvalue weighted by Crippen LogP contribution is 2.22. The predicted octanol–water partition coefficient (Wildman–Crippen LogP) is 3.65. The van der Waals surface area contributed by atoms with Crippen LogP contribution in [0.15, 0.2) is 18.2 Å². The lowest BCUT2D eigenvalue weighted by Gasteiger charge is -2.15. The molecule has 0 fully saturated rings. The monoisotopic (exact) mass is 174 g/mol. The van der Waals surface area contributed by atoms with E-state index in [9.17, 15) is 0 Å². The molecule has 0 radical (unpaired) electrons. The van der Waals surface area contributed by atoms with Gasteiger partial charge >= 0.3 is 0 Å². The van der Waals surface area contributed by atoms with Gasteiger partial charge in [0.2, 0.25) is 0 Å².